The number of carbonyl (C=O) groups is 1. The first-order chi connectivity index (χ1) is 7.45. The number of nitrogens with one attached hydrogen (secondary N) is 1. The molecule has 0 saturated carbocycles. The molecule has 5 heteroatoms. The Hall–Kier alpha value is -1.93. The van der Waals surface area contributed by atoms with Gasteiger partial charge in [0.05, 0.1) is 0 Å². The lowest BCUT2D eigenvalue weighted by Gasteiger charge is -2.12. The summed E-state index contributed by atoms with van der Waals surface area (Å²) in [5.41, 5.74) is 0.448. The summed E-state index contributed by atoms with van der Waals surface area (Å²) in [6.07, 6.45) is 0. The van der Waals surface area contributed by atoms with Gasteiger partial charge in [-0.15, -0.1) is 0 Å². The van der Waals surface area contributed by atoms with Crippen molar-refractivity contribution < 1.29 is 4.79 Å². The van der Waals surface area contributed by atoms with Crippen LogP contribution in [0.2, 0.25) is 0 Å². The number of nitrogens with zero attached hydrogens (tertiary/aromatic N) is 2. The molecule has 0 saturated heterocycles. The van der Waals surface area contributed by atoms with Gasteiger partial charge in [0.15, 0.2) is 5.78 Å². The Bertz CT molecular complexity index is 509. The Morgan fingerprint density at radius 3 is 2.62 bits per heavy atom. The van der Waals surface area contributed by atoms with E-state index in [0.717, 1.165) is 0 Å². The van der Waals surface area contributed by atoms with Gasteiger partial charge in [-0.2, -0.15) is 5.26 Å². The number of Topliss-reactive ketones (excluding diaryl/α,β-unsaturated/α-hetero) is 1. The van der Waals surface area contributed by atoms with Gasteiger partial charge < -0.3 is 9.88 Å². The maximum Gasteiger partial charge on any atom is 0.266 e. The van der Waals surface area contributed by atoms with Crippen LogP contribution in [0.25, 0.3) is 0 Å². The van der Waals surface area contributed by atoms with E-state index >= 15 is 0 Å². The highest BCUT2D eigenvalue weighted by atomic mass is 16.1. The lowest BCUT2D eigenvalue weighted by Crippen LogP contribution is -2.21. The van der Waals surface area contributed by atoms with Crippen molar-refractivity contribution in [2.24, 2.45) is 0 Å². The smallest absolute Gasteiger partial charge is 0.266 e. The Kier molecular flexibility index (Phi) is 3.59. The fourth-order valence-corrected chi connectivity index (χ4v) is 1.41. The number of rotatable bonds is 3. The normalized spacial score (nSPS) is 10.2. The van der Waals surface area contributed by atoms with Gasteiger partial charge in [0, 0.05) is 17.8 Å². The van der Waals surface area contributed by atoms with Crippen LogP contribution in [0.4, 0.5) is 0 Å². The van der Waals surface area contributed by atoms with Crippen molar-refractivity contribution in [1.82, 2.24) is 9.88 Å². The first-order valence-corrected chi connectivity index (χ1v) is 4.77. The van der Waals surface area contributed by atoms with Crippen LogP contribution in [0.5, 0.6) is 0 Å². The molecule has 5 nitrogen and oxygen atoms in total. The van der Waals surface area contributed by atoms with Gasteiger partial charge in [-0.3, -0.25) is 9.59 Å². The number of aromatic amines is 1. The first kappa shape index (κ1) is 12.1. The van der Waals surface area contributed by atoms with Gasteiger partial charge >= 0.3 is 0 Å². The minimum Gasteiger partial charge on any atom is -0.323 e. The fourth-order valence-electron chi connectivity index (χ4n) is 1.41. The largest absolute Gasteiger partial charge is 0.323 e. The van der Waals surface area contributed by atoms with Crippen LogP contribution in [0, 0.1) is 11.3 Å². The monoisotopic (exact) mass is 219 g/mol. The average molecular weight is 219 g/mol. The van der Waals surface area contributed by atoms with Crippen LogP contribution < -0.4 is 5.56 Å². The number of pyridine rings is 1. The zero-order valence-electron chi connectivity index (χ0n) is 9.50. The van der Waals surface area contributed by atoms with E-state index < -0.39 is 5.56 Å². The van der Waals surface area contributed by atoms with Gasteiger partial charge in [0.25, 0.3) is 5.56 Å². The molecule has 0 radical (unpaired) electrons. The molecule has 0 unspecified atom stereocenters. The molecule has 1 N–H and O–H groups in total. The molecule has 1 rings (SSSR count). The van der Waals surface area contributed by atoms with E-state index in [1.807, 2.05) is 19.0 Å². The van der Waals surface area contributed by atoms with E-state index in [-0.39, 0.29) is 11.3 Å². The van der Waals surface area contributed by atoms with Crippen molar-refractivity contribution >= 4 is 5.78 Å². The summed E-state index contributed by atoms with van der Waals surface area (Å²) in [6.45, 7) is 1.86. The molecular formula is C11H13N3O2. The third-order valence-electron chi connectivity index (χ3n) is 2.10. The van der Waals surface area contributed by atoms with E-state index in [2.05, 4.69) is 4.98 Å². The summed E-state index contributed by atoms with van der Waals surface area (Å²) in [6, 6.07) is 3.11. The molecule has 0 bridgehead atoms. The second-order valence-electron chi connectivity index (χ2n) is 3.81. The van der Waals surface area contributed by atoms with Crippen molar-refractivity contribution in [3.05, 3.63) is 33.2 Å². The summed E-state index contributed by atoms with van der Waals surface area (Å²) in [5.74, 6) is -0.162. The van der Waals surface area contributed by atoms with E-state index in [1.165, 1.54) is 13.0 Å². The summed E-state index contributed by atoms with van der Waals surface area (Å²) in [7, 11) is 3.67. The van der Waals surface area contributed by atoms with Crippen LogP contribution in [0.1, 0.15) is 28.5 Å². The van der Waals surface area contributed by atoms with Gasteiger partial charge in [-0.05, 0) is 27.1 Å². The third kappa shape index (κ3) is 2.55. The topological polar surface area (TPSA) is 77.0 Å². The van der Waals surface area contributed by atoms with Crippen molar-refractivity contribution in [3.8, 4) is 6.07 Å². The molecule has 0 atom stereocenters. The van der Waals surface area contributed by atoms with Gasteiger partial charge in [0.2, 0.25) is 0 Å². The number of ketones is 1. The van der Waals surface area contributed by atoms with Crippen LogP contribution in [-0.4, -0.2) is 29.8 Å². The van der Waals surface area contributed by atoms with Crippen molar-refractivity contribution in [3.63, 3.8) is 0 Å². The molecule has 84 valence electrons. The van der Waals surface area contributed by atoms with Gasteiger partial charge in [0.1, 0.15) is 11.6 Å². The van der Waals surface area contributed by atoms with E-state index in [0.29, 0.717) is 17.8 Å². The molecule has 16 heavy (non-hydrogen) atoms. The summed E-state index contributed by atoms with van der Waals surface area (Å²) in [4.78, 5) is 27.2. The lowest BCUT2D eigenvalue weighted by molar-refractivity contribution is 0.101. The van der Waals surface area contributed by atoms with Crippen molar-refractivity contribution in [2.75, 3.05) is 14.1 Å². The molecule has 1 aromatic rings. The fraction of sp³-hybridized carbons (Fsp3) is 0.364. The molecule has 0 aliphatic carbocycles. The maximum absolute atomic E-state index is 11.4. The molecule has 0 fully saturated rings. The summed E-state index contributed by atoms with van der Waals surface area (Å²) in [5, 5.41) is 8.71. The van der Waals surface area contributed by atoms with E-state index in [9.17, 15) is 9.59 Å². The standard InChI is InChI=1S/C11H13N3O2/c1-7(15)9-4-8(5-12)11(16)13-10(9)6-14(2)3/h4H,6H2,1-3H3,(H,13,16). The molecule has 1 aromatic heterocycles. The average Bonchev–Trinajstić information content (AvgIpc) is 2.16. The Morgan fingerprint density at radius 2 is 2.19 bits per heavy atom. The second-order valence-corrected chi connectivity index (χ2v) is 3.81. The lowest BCUT2D eigenvalue weighted by atomic mass is 10.1. The predicted molar refractivity (Wildman–Crippen MR) is 59.2 cm³/mol. The van der Waals surface area contributed by atoms with Crippen LogP contribution in [0.15, 0.2) is 10.9 Å². The zero-order valence-corrected chi connectivity index (χ0v) is 9.50. The highest BCUT2D eigenvalue weighted by molar-refractivity contribution is 5.95. The maximum atomic E-state index is 11.4. The minimum absolute atomic E-state index is 0.0345. The first-order valence-electron chi connectivity index (χ1n) is 4.77. The molecule has 0 spiro atoms. The number of hydrogen-bond donors (Lipinski definition) is 1. The minimum atomic E-state index is -0.454. The number of carbonyl (C=O) groups excluding carboxylic acids is 1. The number of nitriles is 1. The van der Waals surface area contributed by atoms with E-state index in [4.69, 9.17) is 5.26 Å². The van der Waals surface area contributed by atoms with Crippen LogP contribution in [0.3, 0.4) is 0 Å². The van der Waals surface area contributed by atoms with Crippen LogP contribution in [-0.2, 0) is 6.54 Å². The van der Waals surface area contributed by atoms with Gasteiger partial charge in [-0.1, -0.05) is 0 Å². The molecule has 1 heterocycles. The van der Waals surface area contributed by atoms with E-state index in [1.54, 1.807) is 6.07 Å². The Balaban J connectivity index is 3.37. The third-order valence-corrected chi connectivity index (χ3v) is 2.10. The highest BCUT2D eigenvalue weighted by Crippen LogP contribution is 2.08. The number of aromatic nitrogens is 1. The second kappa shape index (κ2) is 4.73. The van der Waals surface area contributed by atoms with Crippen molar-refractivity contribution in [2.45, 2.75) is 13.5 Å². The molecule has 0 aliphatic heterocycles. The molecule has 0 aromatic carbocycles. The number of hydrogen-bond acceptors (Lipinski definition) is 4. The Morgan fingerprint density at radius 1 is 1.56 bits per heavy atom. The summed E-state index contributed by atoms with van der Waals surface area (Å²) < 4.78 is 0. The SMILES string of the molecule is CC(=O)c1cc(C#N)c(=O)[nH]c1CN(C)C. The molecular weight excluding hydrogens is 206 g/mol. The molecule has 0 amide bonds. The molecule has 0 aliphatic rings. The van der Waals surface area contributed by atoms with Crippen LogP contribution >= 0.6 is 0 Å². The highest BCUT2D eigenvalue weighted by Gasteiger charge is 2.12. The van der Waals surface area contributed by atoms with Gasteiger partial charge in [-0.25, -0.2) is 0 Å². The summed E-state index contributed by atoms with van der Waals surface area (Å²) >= 11 is 0. The number of H-pyrrole nitrogens is 1. The van der Waals surface area contributed by atoms with Crippen molar-refractivity contribution in [1.29, 1.82) is 5.26 Å². The Labute approximate surface area is 93.3 Å². The predicted octanol–water partition coefficient (Wildman–Crippen LogP) is 0.511. The zero-order chi connectivity index (χ0) is 12.3. The quantitative estimate of drug-likeness (QED) is 0.751.